The minimum absolute atomic E-state index is 0.0428. The molecule has 0 saturated carbocycles. The molecular weight excluding hydrogens is 547 g/mol. The summed E-state index contributed by atoms with van der Waals surface area (Å²) in [7, 11) is 1.02. The molecule has 1 aliphatic rings. The van der Waals surface area contributed by atoms with Gasteiger partial charge >= 0.3 is 24.6 Å². The van der Waals surface area contributed by atoms with Gasteiger partial charge in [-0.15, -0.1) is 0 Å². The molecular formula is C25H23F9N2O3. The first kappa shape index (κ1) is 30.1. The van der Waals surface area contributed by atoms with Crippen molar-refractivity contribution in [2.24, 2.45) is 0 Å². The summed E-state index contributed by atoms with van der Waals surface area (Å²) in [6.45, 7) is 1.39. The van der Waals surface area contributed by atoms with E-state index in [-0.39, 0.29) is 42.3 Å². The summed E-state index contributed by atoms with van der Waals surface area (Å²) in [6, 6.07) is 1.71. The number of hydrogen-bond donors (Lipinski definition) is 0. The molecule has 1 aliphatic heterocycles. The van der Waals surface area contributed by atoms with Crippen LogP contribution >= 0.6 is 0 Å². The Morgan fingerprint density at radius 2 is 1.49 bits per heavy atom. The zero-order valence-corrected chi connectivity index (χ0v) is 20.8. The van der Waals surface area contributed by atoms with Gasteiger partial charge < -0.3 is 9.64 Å². The summed E-state index contributed by atoms with van der Waals surface area (Å²) < 4.78 is 126. The lowest BCUT2D eigenvalue weighted by Crippen LogP contribution is -2.34. The fraction of sp³-hybridized carbons (Fsp3) is 0.440. The molecule has 2 amide bonds. The van der Waals surface area contributed by atoms with Gasteiger partial charge in [-0.05, 0) is 60.7 Å². The van der Waals surface area contributed by atoms with Gasteiger partial charge in [-0.25, -0.2) is 4.79 Å². The van der Waals surface area contributed by atoms with Crippen molar-refractivity contribution in [3.63, 3.8) is 0 Å². The minimum Gasteiger partial charge on any atom is -0.452 e. The van der Waals surface area contributed by atoms with Crippen molar-refractivity contribution in [2.45, 2.75) is 57.8 Å². The summed E-state index contributed by atoms with van der Waals surface area (Å²) in [4.78, 5) is 27.1. The van der Waals surface area contributed by atoms with E-state index in [0.29, 0.717) is 12.1 Å². The van der Waals surface area contributed by atoms with E-state index in [9.17, 15) is 49.1 Å². The maximum Gasteiger partial charge on any atom is 0.416 e. The quantitative estimate of drug-likeness (QED) is 0.359. The molecule has 214 valence electrons. The molecule has 0 unspecified atom stereocenters. The number of carbonyl (C=O) groups excluding carboxylic acids is 2. The van der Waals surface area contributed by atoms with Crippen LogP contribution in [0.4, 0.5) is 50.0 Å². The number of anilines is 1. The van der Waals surface area contributed by atoms with Crippen LogP contribution in [0.25, 0.3) is 0 Å². The van der Waals surface area contributed by atoms with E-state index >= 15 is 0 Å². The molecule has 3 rings (SSSR count). The molecule has 0 spiro atoms. The second-order valence-corrected chi connectivity index (χ2v) is 9.06. The molecule has 0 aromatic heterocycles. The predicted octanol–water partition coefficient (Wildman–Crippen LogP) is 7.51. The number of benzene rings is 2. The summed E-state index contributed by atoms with van der Waals surface area (Å²) in [5.74, 6) is -0.749. The van der Waals surface area contributed by atoms with Crippen molar-refractivity contribution < 1.29 is 53.8 Å². The Kier molecular flexibility index (Phi) is 8.19. The Bertz CT molecular complexity index is 1220. The van der Waals surface area contributed by atoms with Crippen LogP contribution in [-0.4, -0.2) is 30.6 Å². The monoisotopic (exact) mass is 570 g/mol. The number of nitrogens with zero attached hydrogens (tertiary/aromatic N) is 2. The van der Waals surface area contributed by atoms with Crippen LogP contribution in [0.3, 0.4) is 0 Å². The first-order chi connectivity index (χ1) is 17.8. The van der Waals surface area contributed by atoms with E-state index in [0.717, 1.165) is 42.9 Å². The molecule has 0 aliphatic carbocycles. The molecule has 39 heavy (non-hydrogen) atoms. The van der Waals surface area contributed by atoms with Crippen LogP contribution in [-0.2, 0) is 34.6 Å². The van der Waals surface area contributed by atoms with Crippen LogP contribution in [0.2, 0.25) is 0 Å². The lowest BCUT2D eigenvalue weighted by atomic mass is 9.94. The van der Waals surface area contributed by atoms with Gasteiger partial charge in [0.05, 0.1) is 35.5 Å². The maximum atomic E-state index is 13.7. The number of alkyl halides is 9. The molecule has 2 aromatic rings. The van der Waals surface area contributed by atoms with E-state index < -0.39 is 65.4 Å². The number of fused-ring (bicyclic) bond motifs is 1. The first-order valence-corrected chi connectivity index (χ1v) is 11.5. The predicted molar refractivity (Wildman–Crippen MR) is 121 cm³/mol. The number of ether oxygens (including phenoxy) is 1. The molecule has 1 heterocycles. The molecule has 0 bridgehead atoms. The molecule has 0 saturated heterocycles. The van der Waals surface area contributed by atoms with Crippen molar-refractivity contribution in [1.82, 2.24) is 4.90 Å². The molecule has 0 radical (unpaired) electrons. The van der Waals surface area contributed by atoms with Crippen LogP contribution in [0.5, 0.6) is 0 Å². The molecule has 0 N–H and O–H groups in total. The average molecular weight is 570 g/mol. The Balaban J connectivity index is 2.19. The average Bonchev–Trinajstić information content (AvgIpc) is 2.98. The zero-order valence-electron chi connectivity index (χ0n) is 20.8. The van der Waals surface area contributed by atoms with Crippen molar-refractivity contribution in [3.05, 3.63) is 63.7 Å². The Morgan fingerprint density at radius 3 is 1.95 bits per heavy atom. The van der Waals surface area contributed by atoms with Crippen molar-refractivity contribution >= 4 is 17.7 Å². The highest BCUT2D eigenvalue weighted by Gasteiger charge is 2.40. The van der Waals surface area contributed by atoms with Crippen molar-refractivity contribution in [3.8, 4) is 0 Å². The highest BCUT2D eigenvalue weighted by Crippen LogP contribution is 2.43. The van der Waals surface area contributed by atoms with Crippen LogP contribution in [0.15, 0.2) is 30.3 Å². The third kappa shape index (κ3) is 6.59. The second kappa shape index (κ2) is 10.6. The topological polar surface area (TPSA) is 49.9 Å². The largest absolute Gasteiger partial charge is 0.452 e. The standard InChI is InChI=1S/C25H23F9N2O3/c1-13-7-18-20(5-4-6-35(22(38)39-3)21(18)11-19(13)25(32,33)34)36(14(2)37)12-15-8-16(23(26,27)28)10-17(9-15)24(29,30)31/h7-11,20H,4-6,12H2,1-3H3/t20-/m0/s1. The highest BCUT2D eigenvalue weighted by molar-refractivity contribution is 5.89. The summed E-state index contributed by atoms with van der Waals surface area (Å²) in [5.41, 5.74) is -5.08. The van der Waals surface area contributed by atoms with Gasteiger partial charge in [0.1, 0.15) is 0 Å². The van der Waals surface area contributed by atoms with Crippen LogP contribution in [0.1, 0.15) is 59.2 Å². The second-order valence-electron chi connectivity index (χ2n) is 9.06. The third-order valence-corrected chi connectivity index (χ3v) is 6.36. The van der Waals surface area contributed by atoms with E-state index in [2.05, 4.69) is 0 Å². The number of methoxy groups -OCH3 is 1. The molecule has 1 atom stereocenters. The minimum atomic E-state index is -5.11. The SMILES string of the molecule is COC(=O)N1CCC[C@H](N(Cc2cc(C(F)(F)F)cc(C(F)(F)F)c2)C(C)=O)c2cc(C)c(C(F)(F)F)cc21. The third-order valence-electron chi connectivity index (χ3n) is 6.36. The van der Waals surface area contributed by atoms with Crippen LogP contribution in [0, 0.1) is 6.92 Å². The Hall–Kier alpha value is -3.45. The van der Waals surface area contributed by atoms with Crippen LogP contribution < -0.4 is 4.90 Å². The van der Waals surface area contributed by atoms with Gasteiger partial charge in [-0.1, -0.05) is 6.07 Å². The summed E-state index contributed by atoms with van der Waals surface area (Å²) in [6.07, 6.45) is -15.8. The zero-order chi connectivity index (χ0) is 29.5. The number of rotatable bonds is 3. The van der Waals surface area contributed by atoms with Crippen molar-refractivity contribution in [2.75, 3.05) is 18.6 Å². The van der Waals surface area contributed by atoms with E-state index in [1.165, 1.54) is 0 Å². The Labute approximate surface area is 217 Å². The highest BCUT2D eigenvalue weighted by atomic mass is 19.4. The molecule has 2 aromatic carbocycles. The first-order valence-electron chi connectivity index (χ1n) is 11.5. The fourth-order valence-electron chi connectivity index (χ4n) is 4.62. The van der Waals surface area contributed by atoms with E-state index in [1.807, 2.05) is 0 Å². The summed E-state index contributed by atoms with van der Waals surface area (Å²) in [5, 5.41) is 0. The van der Waals surface area contributed by atoms with Gasteiger partial charge in [0.15, 0.2) is 0 Å². The number of halogens is 9. The molecule has 0 fully saturated rings. The van der Waals surface area contributed by atoms with Gasteiger partial charge in [0, 0.05) is 20.0 Å². The Morgan fingerprint density at radius 1 is 0.923 bits per heavy atom. The van der Waals surface area contributed by atoms with E-state index in [1.54, 1.807) is 0 Å². The number of carbonyl (C=O) groups is 2. The smallest absolute Gasteiger partial charge is 0.416 e. The summed E-state index contributed by atoms with van der Waals surface area (Å²) >= 11 is 0. The normalized spacial score (nSPS) is 16.4. The molecule has 5 nitrogen and oxygen atoms in total. The number of hydrogen-bond acceptors (Lipinski definition) is 3. The lowest BCUT2D eigenvalue weighted by molar-refractivity contribution is -0.143. The van der Waals surface area contributed by atoms with E-state index in [4.69, 9.17) is 4.74 Å². The van der Waals surface area contributed by atoms with Gasteiger partial charge in [-0.3, -0.25) is 9.69 Å². The van der Waals surface area contributed by atoms with Gasteiger partial charge in [-0.2, -0.15) is 39.5 Å². The maximum absolute atomic E-state index is 13.7. The molecule has 14 heteroatoms. The van der Waals surface area contributed by atoms with Gasteiger partial charge in [0.25, 0.3) is 0 Å². The number of amides is 2. The lowest BCUT2D eigenvalue weighted by Gasteiger charge is -2.33. The number of aryl methyl sites for hydroxylation is 1. The fourth-order valence-corrected chi connectivity index (χ4v) is 4.62. The van der Waals surface area contributed by atoms with Gasteiger partial charge in [0.2, 0.25) is 5.91 Å². The van der Waals surface area contributed by atoms with Crippen molar-refractivity contribution in [1.29, 1.82) is 0 Å².